The van der Waals surface area contributed by atoms with Gasteiger partial charge < -0.3 is 9.14 Å². The molecule has 1 aromatic carbocycles. The number of rotatable bonds is 6. The maximum Gasteiger partial charge on any atom is 0.162 e. The summed E-state index contributed by atoms with van der Waals surface area (Å²) in [5, 5.41) is 0. The van der Waals surface area contributed by atoms with Crippen molar-refractivity contribution >= 4 is 5.52 Å². The number of imidazole rings is 1. The number of hydrogen-bond donors (Lipinski definition) is 0. The van der Waals surface area contributed by atoms with Gasteiger partial charge in [0.05, 0.1) is 24.9 Å². The highest BCUT2D eigenvalue weighted by molar-refractivity contribution is 5.45. The zero-order chi connectivity index (χ0) is 20.3. The summed E-state index contributed by atoms with van der Waals surface area (Å²) in [4.78, 5) is 7.19. The highest BCUT2D eigenvalue weighted by Gasteiger charge is 2.64. The van der Waals surface area contributed by atoms with Gasteiger partial charge in [-0.2, -0.15) is 0 Å². The number of pyridine rings is 1. The normalized spacial score (nSPS) is 28.5. The minimum Gasteiger partial charge on any atom is -0.493 e. The molecule has 0 spiro atoms. The lowest BCUT2D eigenvalue weighted by Gasteiger charge is -2.64. The Labute approximate surface area is 174 Å². The van der Waals surface area contributed by atoms with Crippen molar-refractivity contribution in [3.05, 3.63) is 66.3 Å². The largest absolute Gasteiger partial charge is 0.493 e. The average molecular weight is 409 g/mol. The first kappa shape index (κ1) is 18.3. The predicted molar refractivity (Wildman–Crippen MR) is 109 cm³/mol. The van der Waals surface area contributed by atoms with E-state index in [-0.39, 0.29) is 5.41 Å². The number of aromatic nitrogens is 2. The summed E-state index contributed by atoms with van der Waals surface area (Å²) in [6, 6.07) is 9.94. The zero-order valence-electron chi connectivity index (χ0n) is 16.9. The molecule has 2 saturated carbocycles. The molecule has 0 N–H and O–H groups in total. The van der Waals surface area contributed by atoms with Crippen LogP contribution in [0.25, 0.3) is 5.52 Å². The molecule has 4 heterocycles. The van der Waals surface area contributed by atoms with Crippen molar-refractivity contribution in [2.75, 3.05) is 19.7 Å². The molecule has 2 saturated heterocycles. The Balaban J connectivity index is 1.21. The van der Waals surface area contributed by atoms with E-state index in [4.69, 9.17) is 4.74 Å². The first-order valence-electron chi connectivity index (χ1n) is 10.8. The maximum atomic E-state index is 13.6. The molecule has 0 radical (unpaired) electrons. The Hall–Kier alpha value is -2.47. The molecule has 6 heteroatoms. The van der Waals surface area contributed by atoms with Crippen molar-refractivity contribution in [2.45, 2.75) is 32.2 Å². The smallest absolute Gasteiger partial charge is 0.162 e. The molecule has 7 rings (SSSR count). The van der Waals surface area contributed by atoms with Gasteiger partial charge in [-0.1, -0.05) is 6.07 Å². The third-order valence-electron chi connectivity index (χ3n) is 7.31. The second-order valence-corrected chi connectivity index (χ2v) is 9.67. The van der Waals surface area contributed by atoms with Crippen molar-refractivity contribution in [2.24, 2.45) is 16.7 Å². The van der Waals surface area contributed by atoms with Crippen molar-refractivity contribution in [3.8, 4) is 5.75 Å². The highest BCUT2D eigenvalue weighted by atomic mass is 19.2. The van der Waals surface area contributed by atoms with Crippen LogP contribution < -0.4 is 4.74 Å². The van der Waals surface area contributed by atoms with E-state index < -0.39 is 11.6 Å². The van der Waals surface area contributed by atoms with E-state index in [9.17, 15) is 8.78 Å². The fourth-order valence-electron chi connectivity index (χ4n) is 6.13. The Bertz CT molecular complexity index is 1100. The van der Waals surface area contributed by atoms with Gasteiger partial charge in [0.25, 0.3) is 0 Å². The maximum absolute atomic E-state index is 13.6. The van der Waals surface area contributed by atoms with Gasteiger partial charge in [0, 0.05) is 30.8 Å². The summed E-state index contributed by atoms with van der Waals surface area (Å²) in [6.07, 6.45) is 9.01. The van der Waals surface area contributed by atoms with E-state index >= 15 is 0 Å². The molecule has 4 fully saturated rings. The molecule has 2 bridgehead atoms. The summed E-state index contributed by atoms with van der Waals surface area (Å²) in [6.45, 7) is 3.43. The van der Waals surface area contributed by atoms with Gasteiger partial charge in [0.2, 0.25) is 0 Å². The number of nitrogens with zero attached hydrogens (tertiary/aromatic N) is 3. The van der Waals surface area contributed by atoms with Crippen molar-refractivity contribution in [1.29, 1.82) is 0 Å². The summed E-state index contributed by atoms with van der Waals surface area (Å²) in [7, 11) is 0. The molecular formula is C24H25F2N3O. The Kier molecular flexibility index (Phi) is 3.97. The number of hydrogen-bond acceptors (Lipinski definition) is 3. The molecule has 2 aromatic heterocycles. The molecule has 0 unspecified atom stereocenters. The van der Waals surface area contributed by atoms with Crippen molar-refractivity contribution in [3.63, 3.8) is 0 Å². The van der Waals surface area contributed by atoms with E-state index in [0.29, 0.717) is 17.8 Å². The molecule has 2 aliphatic heterocycles. The lowest BCUT2D eigenvalue weighted by atomic mass is 9.48. The molecule has 156 valence electrons. The van der Waals surface area contributed by atoms with Crippen LogP contribution >= 0.6 is 0 Å². The van der Waals surface area contributed by atoms with E-state index in [1.807, 2.05) is 18.3 Å². The van der Waals surface area contributed by atoms with Crippen LogP contribution in [0.2, 0.25) is 0 Å². The zero-order valence-corrected chi connectivity index (χ0v) is 16.9. The first-order valence-corrected chi connectivity index (χ1v) is 10.8. The van der Waals surface area contributed by atoms with Gasteiger partial charge in [-0.15, -0.1) is 0 Å². The third-order valence-corrected chi connectivity index (χ3v) is 7.31. The first-order chi connectivity index (χ1) is 14.5. The second kappa shape index (κ2) is 6.51. The fourth-order valence-corrected chi connectivity index (χ4v) is 6.13. The summed E-state index contributed by atoms with van der Waals surface area (Å²) in [5.41, 5.74) is 1.59. The molecule has 2 aliphatic carbocycles. The molecule has 30 heavy (non-hydrogen) atoms. The summed E-state index contributed by atoms with van der Waals surface area (Å²) >= 11 is 0. The van der Waals surface area contributed by atoms with Gasteiger partial charge in [-0.25, -0.2) is 13.8 Å². The van der Waals surface area contributed by atoms with Crippen LogP contribution in [0.5, 0.6) is 5.75 Å². The fraction of sp³-hybridized carbons (Fsp3) is 0.458. The molecular weight excluding hydrogens is 384 g/mol. The van der Waals surface area contributed by atoms with E-state index in [2.05, 4.69) is 26.5 Å². The number of piperidine rings is 2. The van der Waals surface area contributed by atoms with Gasteiger partial charge in [-0.05, 0) is 61.3 Å². The van der Waals surface area contributed by atoms with Crippen LogP contribution in [0, 0.1) is 28.4 Å². The predicted octanol–water partition coefficient (Wildman–Crippen LogP) is 4.68. The SMILES string of the molecule is Fc1ccc(OCC23CN(Cc4ncc5ccccn45)CC(C4CC4)(C2)C3)cc1F. The number of benzene rings is 1. The van der Waals surface area contributed by atoms with Crippen LogP contribution in [0.3, 0.4) is 0 Å². The Morgan fingerprint density at radius 2 is 1.93 bits per heavy atom. The minimum absolute atomic E-state index is 0.0821. The lowest BCUT2D eigenvalue weighted by molar-refractivity contribution is -0.165. The van der Waals surface area contributed by atoms with Gasteiger partial charge in [0.15, 0.2) is 11.6 Å². The van der Waals surface area contributed by atoms with Gasteiger partial charge >= 0.3 is 0 Å². The average Bonchev–Trinajstić information content (AvgIpc) is 3.51. The van der Waals surface area contributed by atoms with Crippen LogP contribution in [0.1, 0.15) is 31.5 Å². The van der Waals surface area contributed by atoms with Crippen molar-refractivity contribution in [1.82, 2.24) is 14.3 Å². The number of halogens is 2. The van der Waals surface area contributed by atoms with Gasteiger partial charge in [-0.3, -0.25) is 4.90 Å². The molecule has 4 nitrogen and oxygen atoms in total. The van der Waals surface area contributed by atoms with E-state index in [1.54, 1.807) is 0 Å². The van der Waals surface area contributed by atoms with Crippen LogP contribution in [0.15, 0.2) is 48.8 Å². The summed E-state index contributed by atoms with van der Waals surface area (Å²) < 4.78 is 34.9. The standard InChI is InChI=1S/C24H25F2N3O/c25-20-7-6-19(9-21(20)26)30-16-23-12-24(13-23,17-4-5-17)15-28(14-23)11-22-27-10-18-3-1-2-8-29(18)22/h1-3,6-10,17H,4-5,11-16H2. The highest BCUT2D eigenvalue weighted by Crippen LogP contribution is 2.67. The number of fused-ring (bicyclic) bond motifs is 3. The topological polar surface area (TPSA) is 29.8 Å². The van der Waals surface area contributed by atoms with Crippen LogP contribution in [0.4, 0.5) is 8.78 Å². The minimum atomic E-state index is -0.859. The van der Waals surface area contributed by atoms with Crippen molar-refractivity contribution < 1.29 is 13.5 Å². The Morgan fingerprint density at radius 1 is 1.07 bits per heavy atom. The van der Waals surface area contributed by atoms with Crippen LogP contribution in [-0.2, 0) is 6.54 Å². The molecule has 0 atom stereocenters. The van der Waals surface area contributed by atoms with E-state index in [0.717, 1.165) is 49.0 Å². The summed E-state index contributed by atoms with van der Waals surface area (Å²) in [5.74, 6) is 0.599. The van der Waals surface area contributed by atoms with Gasteiger partial charge in [0.1, 0.15) is 11.6 Å². The third kappa shape index (κ3) is 3.00. The number of ether oxygens (including phenoxy) is 1. The second-order valence-electron chi connectivity index (χ2n) is 9.67. The molecule has 0 amide bonds. The monoisotopic (exact) mass is 409 g/mol. The van der Waals surface area contributed by atoms with Crippen LogP contribution in [-0.4, -0.2) is 34.0 Å². The molecule has 3 aromatic rings. The molecule has 4 aliphatic rings. The quantitative estimate of drug-likeness (QED) is 0.592. The van der Waals surface area contributed by atoms with E-state index in [1.165, 1.54) is 31.7 Å². The Morgan fingerprint density at radius 3 is 2.73 bits per heavy atom. The lowest BCUT2D eigenvalue weighted by Crippen LogP contribution is -2.65.